The molecule has 0 atom stereocenters. The Morgan fingerprint density at radius 3 is 2.79 bits per heavy atom. The van der Waals surface area contributed by atoms with Crippen molar-refractivity contribution in [3.05, 3.63) is 29.6 Å². The van der Waals surface area contributed by atoms with Gasteiger partial charge in [-0.05, 0) is 32.6 Å². The fourth-order valence-electron chi connectivity index (χ4n) is 3.51. The van der Waals surface area contributed by atoms with E-state index < -0.39 is 0 Å². The number of hydrogen-bond donors (Lipinski definition) is 1. The Balaban J connectivity index is 1.80. The third-order valence-corrected chi connectivity index (χ3v) is 5.03. The minimum absolute atomic E-state index is 0.0946. The molecule has 2 aromatic rings. The van der Waals surface area contributed by atoms with E-state index in [2.05, 4.69) is 33.8 Å². The largest absolute Gasteiger partial charge is 0.324 e. The first kappa shape index (κ1) is 16.7. The molecule has 0 bridgehead atoms. The molecule has 24 heavy (non-hydrogen) atoms. The zero-order chi connectivity index (χ0) is 17.1. The number of rotatable bonds is 5. The molecule has 1 amide bonds. The van der Waals surface area contributed by atoms with Crippen LogP contribution in [0.4, 0.5) is 5.69 Å². The predicted octanol–water partition coefficient (Wildman–Crippen LogP) is 3.73. The van der Waals surface area contributed by atoms with Crippen LogP contribution in [0.1, 0.15) is 74.0 Å². The molecular weight excluding hydrogens is 302 g/mol. The minimum Gasteiger partial charge on any atom is -0.324 e. The standard InChI is InChI=1S/C18H27N5O/c1-4-14(5-2)23-13(3)15(11-20-23)21-18(24)16-12-19-17-9-7-6-8-10-22(16)17/h11-12,14H,4-10H2,1-3H3,(H,21,24). The first-order chi connectivity index (χ1) is 11.7. The summed E-state index contributed by atoms with van der Waals surface area (Å²) in [5.41, 5.74) is 2.45. The van der Waals surface area contributed by atoms with Gasteiger partial charge in [-0.1, -0.05) is 20.3 Å². The van der Waals surface area contributed by atoms with E-state index in [-0.39, 0.29) is 5.91 Å². The molecular formula is C18H27N5O. The monoisotopic (exact) mass is 329 g/mol. The lowest BCUT2D eigenvalue weighted by Gasteiger charge is -2.15. The van der Waals surface area contributed by atoms with Crippen LogP contribution in [0, 0.1) is 6.92 Å². The Hall–Kier alpha value is -2.11. The molecule has 3 rings (SSSR count). The van der Waals surface area contributed by atoms with E-state index in [4.69, 9.17) is 0 Å². The van der Waals surface area contributed by atoms with Crippen molar-refractivity contribution < 1.29 is 4.79 Å². The molecule has 6 nitrogen and oxygen atoms in total. The smallest absolute Gasteiger partial charge is 0.274 e. The van der Waals surface area contributed by atoms with Gasteiger partial charge in [-0.15, -0.1) is 0 Å². The van der Waals surface area contributed by atoms with Gasteiger partial charge in [0, 0.05) is 13.0 Å². The summed E-state index contributed by atoms with van der Waals surface area (Å²) in [6.45, 7) is 7.21. The highest BCUT2D eigenvalue weighted by Crippen LogP contribution is 2.23. The topological polar surface area (TPSA) is 64.7 Å². The molecule has 1 aliphatic heterocycles. The summed E-state index contributed by atoms with van der Waals surface area (Å²) >= 11 is 0. The van der Waals surface area contributed by atoms with Gasteiger partial charge < -0.3 is 9.88 Å². The molecule has 0 aromatic carbocycles. The van der Waals surface area contributed by atoms with Crippen LogP contribution < -0.4 is 5.32 Å². The van der Waals surface area contributed by atoms with Gasteiger partial charge >= 0.3 is 0 Å². The number of amides is 1. The summed E-state index contributed by atoms with van der Waals surface area (Å²) < 4.78 is 4.09. The van der Waals surface area contributed by atoms with Gasteiger partial charge in [-0.25, -0.2) is 4.98 Å². The van der Waals surface area contributed by atoms with Crippen molar-refractivity contribution in [3.8, 4) is 0 Å². The van der Waals surface area contributed by atoms with Crippen molar-refractivity contribution in [2.45, 2.75) is 71.9 Å². The summed E-state index contributed by atoms with van der Waals surface area (Å²) in [4.78, 5) is 17.2. The molecule has 0 unspecified atom stereocenters. The highest BCUT2D eigenvalue weighted by atomic mass is 16.2. The highest BCUT2D eigenvalue weighted by molar-refractivity contribution is 6.03. The number of imidazole rings is 1. The van der Waals surface area contributed by atoms with Gasteiger partial charge in [0.05, 0.1) is 29.8 Å². The number of nitrogens with zero attached hydrogens (tertiary/aromatic N) is 4. The van der Waals surface area contributed by atoms with Crippen LogP contribution in [0.15, 0.2) is 12.4 Å². The zero-order valence-electron chi connectivity index (χ0n) is 14.9. The number of nitrogens with one attached hydrogen (secondary N) is 1. The molecule has 130 valence electrons. The predicted molar refractivity (Wildman–Crippen MR) is 94.3 cm³/mol. The van der Waals surface area contributed by atoms with Crippen LogP contribution in [0.5, 0.6) is 0 Å². The number of carbonyl (C=O) groups excluding carboxylic acids is 1. The van der Waals surface area contributed by atoms with Crippen LogP contribution in [-0.2, 0) is 13.0 Å². The molecule has 0 saturated carbocycles. The second-order valence-corrected chi connectivity index (χ2v) is 6.53. The summed E-state index contributed by atoms with van der Waals surface area (Å²) in [7, 11) is 0. The lowest BCUT2D eigenvalue weighted by molar-refractivity contribution is 0.101. The highest BCUT2D eigenvalue weighted by Gasteiger charge is 2.20. The summed E-state index contributed by atoms with van der Waals surface area (Å²) in [5.74, 6) is 0.935. The van der Waals surface area contributed by atoms with E-state index in [1.165, 1.54) is 6.42 Å². The summed E-state index contributed by atoms with van der Waals surface area (Å²) in [5, 5.41) is 7.50. The van der Waals surface area contributed by atoms with Gasteiger partial charge in [0.15, 0.2) is 0 Å². The maximum absolute atomic E-state index is 12.7. The third kappa shape index (κ3) is 3.09. The normalized spacial score (nSPS) is 14.5. The van der Waals surface area contributed by atoms with E-state index in [0.717, 1.165) is 55.9 Å². The van der Waals surface area contributed by atoms with Crippen LogP contribution >= 0.6 is 0 Å². The zero-order valence-corrected chi connectivity index (χ0v) is 14.9. The molecule has 0 spiro atoms. The van der Waals surface area contributed by atoms with Crippen LogP contribution in [0.3, 0.4) is 0 Å². The van der Waals surface area contributed by atoms with Crippen molar-refractivity contribution in [1.82, 2.24) is 19.3 Å². The molecule has 2 aromatic heterocycles. The number of carbonyl (C=O) groups is 1. The number of anilines is 1. The third-order valence-electron chi connectivity index (χ3n) is 5.03. The summed E-state index contributed by atoms with van der Waals surface area (Å²) in [6, 6.07) is 0.377. The molecule has 3 heterocycles. The van der Waals surface area contributed by atoms with Gasteiger partial charge in [0.25, 0.3) is 5.91 Å². The minimum atomic E-state index is -0.0946. The van der Waals surface area contributed by atoms with Gasteiger partial charge in [-0.2, -0.15) is 5.10 Å². The molecule has 1 aliphatic rings. The first-order valence-corrected chi connectivity index (χ1v) is 9.05. The first-order valence-electron chi connectivity index (χ1n) is 9.05. The summed E-state index contributed by atoms with van der Waals surface area (Å²) in [6.07, 6.45) is 9.94. The number of hydrogen-bond acceptors (Lipinski definition) is 3. The molecule has 0 fully saturated rings. The van der Waals surface area contributed by atoms with E-state index in [0.29, 0.717) is 11.7 Å². The molecule has 0 radical (unpaired) electrons. The van der Waals surface area contributed by atoms with E-state index in [1.807, 2.05) is 11.6 Å². The molecule has 6 heteroatoms. The van der Waals surface area contributed by atoms with E-state index in [1.54, 1.807) is 12.4 Å². The molecule has 0 saturated heterocycles. The van der Waals surface area contributed by atoms with Crippen molar-refractivity contribution in [3.63, 3.8) is 0 Å². The lowest BCUT2D eigenvalue weighted by atomic mass is 10.2. The Bertz CT molecular complexity index is 711. The van der Waals surface area contributed by atoms with Crippen molar-refractivity contribution in [2.75, 3.05) is 5.32 Å². The Morgan fingerprint density at radius 2 is 2.04 bits per heavy atom. The quantitative estimate of drug-likeness (QED) is 0.909. The van der Waals surface area contributed by atoms with E-state index >= 15 is 0 Å². The van der Waals surface area contributed by atoms with E-state index in [9.17, 15) is 4.79 Å². The van der Waals surface area contributed by atoms with Crippen LogP contribution in [-0.4, -0.2) is 25.2 Å². The number of aromatic nitrogens is 4. The second-order valence-electron chi connectivity index (χ2n) is 6.53. The van der Waals surface area contributed by atoms with Gasteiger partial charge in [0.1, 0.15) is 11.5 Å². The maximum Gasteiger partial charge on any atom is 0.274 e. The van der Waals surface area contributed by atoms with Crippen molar-refractivity contribution in [2.24, 2.45) is 0 Å². The van der Waals surface area contributed by atoms with Crippen LogP contribution in [0.2, 0.25) is 0 Å². The van der Waals surface area contributed by atoms with Crippen molar-refractivity contribution >= 4 is 11.6 Å². The van der Waals surface area contributed by atoms with Crippen LogP contribution in [0.25, 0.3) is 0 Å². The maximum atomic E-state index is 12.7. The van der Waals surface area contributed by atoms with Crippen molar-refractivity contribution in [1.29, 1.82) is 0 Å². The van der Waals surface area contributed by atoms with Gasteiger partial charge in [0.2, 0.25) is 0 Å². The number of fused-ring (bicyclic) bond motifs is 1. The number of aryl methyl sites for hydroxylation is 1. The molecule has 1 N–H and O–H groups in total. The Labute approximate surface area is 143 Å². The Kier molecular flexibility index (Phi) is 5.02. The average molecular weight is 329 g/mol. The lowest BCUT2D eigenvalue weighted by Crippen LogP contribution is -2.18. The average Bonchev–Trinajstić information content (AvgIpc) is 3.06. The van der Waals surface area contributed by atoms with Gasteiger partial charge in [-0.3, -0.25) is 9.48 Å². The second kappa shape index (κ2) is 7.20. The molecule has 0 aliphatic carbocycles. The fourth-order valence-corrected chi connectivity index (χ4v) is 3.51. The SMILES string of the molecule is CCC(CC)n1ncc(NC(=O)c2cnc3n2CCCCC3)c1C. The fraction of sp³-hybridized carbons (Fsp3) is 0.611. The Morgan fingerprint density at radius 1 is 1.25 bits per heavy atom.